The number of hydrogen-bond donors (Lipinski definition) is 2. The molecule has 1 fully saturated rings. The van der Waals surface area contributed by atoms with Gasteiger partial charge in [-0.25, -0.2) is 13.8 Å². The highest BCUT2D eigenvalue weighted by Gasteiger charge is 2.35. The van der Waals surface area contributed by atoms with Gasteiger partial charge in [-0.3, -0.25) is 0 Å². The van der Waals surface area contributed by atoms with Crippen LogP contribution >= 0.6 is 0 Å². The number of nitrogens with one attached hydrogen (secondary N) is 2. The second-order valence-electron chi connectivity index (χ2n) is 9.03. The lowest BCUT2D eigenvalue weighted by Crippen LogP contribution is -2.51. The van der Waals surface area contributed by atoms with Gasteiger partial charge in [0.25, 0.3) is 0 Å². The summed E-state index contributed by atoms with van der Waals surface area (Å²) in [6, 6.07) is 2.82. The van der Waals surface area contributed by atoms with E-state index in [1.54, 1.807) is 12.3 Å². The maximum absolute atomic E-state index is 13.5. The molecule has 1 saturated heterocycles. The van der Waals surface area contributed by atoms with Crippen molar-refractivity contribution in [2.24, 2.45) is 0 Å². The molecule has 33 heavy (non-hydrogen) atoms. The number of carbonyl (C=O) groups is 1. The molecule has 3 aliphatic rings. The topological polar surface area (TPSA) is 114 Å². The summed E-state index contributed by atoms with van der Waals surface area (Å²) in [4.78, 5) is 13.0. The summed E-state index contributed by atoms with van der Waals surface area (Å²) in [5.74, 6) is 0.198. The summed E-state index contributed by atoms with van der Waals surface area (Å²) in [5, 5.41) is 10.9. The van der Waals surface area contributed by atoms with E-state index in [9.17, 15) is 13.2 Å². The van der Waals surface area contributed by atoms with E-state index < -0.39 is 16.2 Å². The fourth-order valence-corrected chi connectivity index (χ4v) is 6.58. The number of fused-ring (bicyclic) bond motifs is 2. The largest absolute Gasteiger partial charge is 0.381 e. The van der Waals surface area contributed by atoms with Gasteiger partial charge in [-0.1, -0.05) is 6.07 Å². The monoisotopic (exact) mass is 471 g/mol. The van der Waals surface area contributed by atoms with Crippen molar-refractivity contribution in [3.05, 3.63) is 46.1 Å². The number of aryl methyl sites for hydroxylation is 3. The molecular formula is C23H29N5O4S. The van der Waals surface area contributed by atoms with Crippen molar-refractivity contribution in [1.82, 2.24) is 14.9 Å². The number of rotatable bonds is 5. The van der Waals surface area contributed by atoms with E-state index in [4.69, 9.17) is 4.74 Å². The van der Waals surface area contributed by atoms with Crippen LogP contribution in [0.4, 0.5) is 16.3 Å². The minimum atomic E-state index is -4.23. The van der Waals surface area contributed by atoms with Crippen LogP contribution in [0.5, 0.6) is 0 Å². The Morgan fingerprint density at radius 3 is 2.36 bits per heavy atom. The molecule has 2 heterocycles. The summed E-state index contributed by atoms with van der Waals surface area (Å²) < 4.78 is 35.8. The van der Waals surface area contributed by atoms with Crippen molar-refractivity contribution in [2.45, 2.75) is 64.3 Å². The molecular weight excluding hydrogens is 442 g/mol. The van der Waals surface area contributed by atoms with Crippen LogP contribution in [-0.4, -0.2) is 43.9 Å². The normalized spacial score (nSPS) is 18.0. The van der Waals surface area contributed by atoms with Crippen LogP contribution in [0.1, 0.15) is 53.5 Å². The van der Waals surface area contributed by atoms with Crippen molar-refractivity contribution >= 4 is 27.7 Å². The molecule has 2 N–H and O–H groups in total. The molecule has 2 amide bonds. The summed E-state index contributed by atoms with van der Waals surface area (Å²) in [6.07, 6.45) is 8.50. The Balaban J connectivity index is 1.42. The van der Waals surface area contributed by atoms with Gasteiger partial charge in [-0.15, -0.1) is 5.10 Å². The number of aromatic nitrogens is 2. The van der Waals surface area contributed by atoms with Crippen molar-refractivity contribution in [3.63, 3.8) is 0 Å². The zero-order chi connectivity index (χ0) is 23.0. The third-order valence-electron chi connectivity index (χ3n) is 6.72. The highest BCUT2D eigenvalue weighted by atomic mass is 32.2. The van der Waals surface area contributed by atoms with Crippen LogP contribution in [0, 0.1) is 6.92 Å². The van der Waals surface area contributed by atoms with Crippen LogP contribution < -0.4 is 14.3 Å². The van der Waals surface area contributed by atoms with Gasteiger partial charge in [-0.05, 0) is 92.2 Å². The smallest absolute Gasteiger partial charge is 0.334 e. The van der Waals surface area contributed by atoms with Crippen LogP contribution in [0.15, 0.2) is 18.3 Å². The first kappa shape index (κ1) is 22.1. The summed E-state index contributed by atoms with van der Waals surface area (Å²) >= 11 is 0. The predicted molar refractivity (Wildman–Crippen MR) is 125 cm³/mol. The highest BCUT2D eigenvalue weighted by Crippen LogP contribution is 2.38. The number of benzene rings is 1. The Hall–Kier alpha value is -2.72. The molecule has 2 aliphatic carbocycles. The number of nitrogens with zero attached hydrogens (tertiary/aromatic N) is 3. The Kier molecular flexibility index (Phi) is 5.96. The number of ether oxygens (including phenoxy) is 1. The van der Waals surface area contributed by atoms with E-state index in [-0.39, 0.29) is 11.9 Å². The van der Waals surface area contributed by atoms with E-state index in [1.807, 2.05) is 6.92 Å². The Bertz CT molecular complexity index is 1150. The lowest BCUT2D eigenvalue weighted by molar-refractivity contribution is 0.0874. The molecule has 0 unspecified atom stereocenters. The Morgan fingerprint density at radius 2 is 1.73 bits per heavy atom. The minimum Gasteiger partial charge on any atom is -0.381 e. The molecule has 1 aromatic carbocycles. The SMILES string of the molecule is Cc1cnnc(N(C2CCOCC2)S(=O)(=O)NC(=O)Nc2c3c(cc4c2CCC4)CCC3)c1. The molecule has 0 atom stereocenters. The van der Waals surface area contributed by atoms with E-state index in [0.717, 1.165) is 60.9 Å². The minimum absolute atomic E-state index is 0.198. The molecule has 0 spiro atoms. The molecule has 2 aromatic rings. The average molecular weight is 472 g/mol. The summed E-state index contributed by atoms with van der Waals surface area (Å²) in [5.41, 5.74) is 6.42. The van der Waals surface area contributed by atoms with Gasteiger partial charge in [0.2, 0.25) is 0 Å². The maximum Gasteiger partial charge on any atom is 0.334 e. The summed E-state index contributed by atoms with van der Waals surface area (Å²) in [6.45, 7) is 2.72. The first-order valence-electron chi connectivity index (χ1n) is 11.6. The number of urea groups is 1. The van der Waals surface area contributed by atoms with Gasteiger partial charge in [0.15, 0.2) is 5.82 Å². The molecule has 10 heteroatoms. The zero-order valence-corrected chi connectivity index (χ0v) is 19.6. The van der Waals surface area contributed by atoms with Gasteiger partial charge in [0, 0.05) is 18.9 Å². The standard InChI is InChI=1S/C23H29N5O4S/c1-15-12-21(26-24-14-15)28(18-8-10-32-11-9-18)33(30,31)27-23(29)25-22-19-6-2-4-16(19)13-17-5-3-7-20(17)22/h12-14,18H,2-11H2,1H3,(H2,25,27,29). The van der Waals surface area contributed by atoms with Crippen molar-refractivity contribution in [1.29, 1.82) is 0 Å². The molecule has 0 radical (unpaired) electrons. The van der Waals surface area contributed by atoms with Crippen molar-refractivity contribution in [2.75, 3.05) is 22.8 Å². The fourth-order valence-electron chi connectivity index (χ4n) is 5.26. The molecule has 176 valence electrons. The molecule has 5 rings (SSSR count). The van der Waals surface area contributed by atoms with Crippen LogP contribution in [-0.2, 0) is 40.6 Å². The average Bonchev–Trinajstić information content (AvgIpc) is 3.43. The van der Waals surface area contributed by atoms with E-state index in [0.29, 0.717) is 26.1 Å². The van der Waals surface area contributed by atoms with E-state index >= 15 is 0 Å². The molecule has 1 aromatic heterocycles. The van der Waals surface area contributed by atoms with Gasteiger partial charge in [0.05, 0.1) is 12.2 Å². The lowest BCUT2D eigenvalue weighted by Gasteiger charge is -2.33. The quantitative estimate of drug-likeness (QED) is 0.693. The number of carbonyl (C=O) groups excluding carboxylic acids is 1. The zero-order valence-electron chi connectivity index (χ0n) is 18.8. The van der Waals surface area contributed by atoms with E-state index in [2.05, 4.69) is 26.3 Å². The predicted octanol–water partition coefficient (Wildman–Crippen LogP) is 2.81. The maximum atomic E-state index is 13.5. The van der Waals surface area contributed by atoms with Crippen molar-refractivity contribution < 1.29 is 17.9 Å². The number of hydrogen-bond acceptors (Lipinski definition) is 6. The fraction of sp³-hybridized carbons (Fsp3) is 0.522. The van der Waals surface area contributed by atoms with Gasteiger partial charge >= 0.3 is 16.2 Å². The van der Waals surface area contributed by atoms with Crippen LogP contribution in [0.3, 0.4) is 0 Å². The molecule has 9 nitrogen and oxygen atoms in total. The summed E-state index contributed by atoms with van der Waals surface area (Å²) in [7, 11) is -4.23. The Labute approximate surface area is 194 Å². The van der Waals surface area contributed by atoms with Gasteiger partial charge in [0.1, 0.15) is 0 Å². The first-order chi connectivity index (χ1) is 15.9. The second-order valence-corrected chi connectivity index (χ2v) is 10.6. The number of anilines is 2. The Morgan fingerprint density at radius 1 is 1.06 bits per heavy atom. The first-order valence-corrected chi connectivity index (χ1v) is 13.0. The molecule has 1 aliphatic heterocycles. The number of amides is 2. The van der Waals surface area contributed by atoms with Gasteiger partial charge in [-0.2, -0.15) is 13.5 Å². The van der Waals surface area contributed by atoms with E-state index in [1.165, 1.54) is 15.4 Å². The molecule has 0 bridgehead atoms. The van der Waals surface area contributed by atoms with Crippen LogP contribution in [0.2, 0.25) is 0 Å². The van der Waals surface area contributed by atoms with Crippen molar-refractivity contribution in [3.8, 4) is 0 Å². The van der Waals surface area contributed by atoms with Gasteiger partial charge < -0.3 is 10.1 Å². The highest BCUT2D eigenvalue weighted by molar-refractivity contribution is 7.91. The second kappa shape index (κ2) is 8.90. The lowest BCUT2D eigenvalue weighted by atomic mass is 9.99. The van der Waals surface area contributed by atoms with Crippen LogP contribution in [0.25, 0.3) is 0 Å². The third-order valence-corrected chi connectivity index (χ3v) is 8.17. The third kappa shape index (κ3) is 4.41. The molecule has 0 saturated carbocycles.